The number of amides is 1. The van der Waals surface area contributed by atoms with E-state index in [-0.39, 0.29) is 11.8 Å². The van der Waals surface area contributed by atoms with Crippen molar-refractivity contribution in [3.8, 4) is 0 Å². The smallest absolute Gasteiger partial charge is 0.308 e. The van der Waals surface area contributed by atoms with Crippen LogP contribution < -0.4 is 0 Å². The van der Waals surface area contributed by atoms with Crippen LogP contribution in [-0.4, -0.2) is 35.0 Å². The van der Waals surface area contributed by atoms with E-state index in [0.29, 0.717) is 19.5 Å². The van der Waals surface area contributed by atoms with Gasteiger partial charge in [0.1, 0.15) is 0 Å². The molecule has 18 heavy (non-hydrogen) atoms. The molecule has 2 atom stereocenters. The van der Waals surface area contributed by atoms with Crippen LogP contribution in [0.3, 0.4) is 0 Å². The van der Waals surface area contributed by atoms with Gasteiger partial charge in [-0.3, -0.25) is 9.59 Å². The molecule has 1 aliphatic rings. The van der Waals surface area contributed by atoms with Crippen molar-refractivity contribution >= 4 is 11.9 Å². The van der Waals surface area contributed by atoms with Gasteiger partial charge < -0.3 is 10.0 Å². The maximum Gasteiger partial charge on any atom is 0.308 e. The van der Waals surface area contributed by atoms with Crippen molar-refractivity contribution in [2.75, 3.05) is 13.1 Å². The molecule has 1 aromatic carbocycles. The fourth-order valence-electron chi connectivity index (χ4n) is 2.53. The summed E-state index contributed by atoms with van der Waals surface area (Å²) in [5.74, 6) is -1.29. The van der Waals surface area contributed by atoms with Crippen LogP contribution in [0, 0.1) is 11.8 Å². The summed E-state index contributed by atoms with van der Waals surface area (Å²) >= 11 is 0. The van der Waals surface area contributed by atoms with E-state index in [0.717, 1.165) is 5.56 Å². The number of rotatable bonds is 3. The number of carbonyl (C=O) groups is 2. The number of aliphatic carboxylic acids is 1. The first-order chi connectivity index (χ1) is 8.58. The monoisotopic (exact) mass is 247 g/mol. The number of carboxylic acids is 1. The Kier molecular flexibility index (Phi) is 3.65. The van der Waals surface area contributed by atoms with Crippen LogP contribution in [-0.2, 0) is 16.0 Å². The second-order valence-electron chi connectivity index (χ2n) is 4.82. The predicted molar refractivity (Wildman–Crippen MR) is 67.0 cm³/mol. The molecule has 0 spiro atoms. The lowest BCUT2D eigenvalue weighted by Gasteiger charge is -2.14. The van der Waals surface area contributed by atoms with Gasteiger partial charge in [-0.25, -0.2) is 0 Å². The molecule has 0 aliphatic carbocycles. The summed E-state index contributed by atoms with van der Waals surface area (Å²) in [7, 11) is 0. The first kappa shape index (κ1) is 12.6. The average molecular weight is 247 g/mol. The van der Waals surface area contributed by atoms with Crippen LogP contribution in [0.1, 0.15) is 12.5 Å². The van der Waals surface area contributed by atoms with Gasteiger partial charge in [0.25, 0.3) is 0 Å². The minimum absolute atomic E-state index is 0.00815. The Labute approximate surface area is 106 Å². The van der Waals surface area contributed by atoms with E-state index in [1.54, 1.807) is 4.90 Å². The molecule has 2 rings (SSSR count). The van der Waals surface area contributed by atoms with Crippen molar-refractivity contribution in [3.63, 3.8) is 0 Å². The molecule has 0 unspecified atom stereocenters. The molecule has 4 nitrogen and oxygen atoms in total. The zero-order valence-electron chi connectivity index (χ0n) is 10.4. The van der Waals surface area contributed by atoms with Gasteiger partial charge in [-0.05, 0) is 17.9 Å². The van der Waals surface area contributed by atoms with Gasteiger partial charge >= 0.3 is 5.97 Å². The molecule has 96 valence electrons. The highest BCUT2D eigenvalue weighted by atomic mass is 16.4. The maximum absolute atomic E-state index is 11.3. The van der Waals surface area contributed by atoms with Crippen LogP contribution in [0.25, 0.3) is 0 Å². The second kappa shape index (κ2) is 5.21. The maximum atomic E-state index is 11.3. The third-order valence-corrected chi connectivity index (χ3v) is 3.54. The third-order valence-electron chi connectivity index (χ3n) is 3.54. The number of likely N-dealkylation sites (tertiary alicyclic amines) is 1. The van der Waals surface area contributed by atoms with Gasteiger partial charge in [0.05, 0.1) is 5.92 Å². The number of carboxylic acid groups (broad SMARTS) is 1. The Balaban J connectivity index is 2.10. The lowest BCUT2D eigenvalue weighted by atomic mass is 9.90. The van der Waals surface area contributed by atoms with E-state index in [9.17, 15) is 14.7 Å². The van der Waals surface area contributed by atoms with Crippen molar-refractivity contribution in [1.82, 2.24) is 4.90 Å². The summed E-state index contributed by atoms with van der Waals surface area (Å²) in [6.45, 7) is 2.37. The molecule has 1 heterocycles. The largest absolute Gasteiger partial charge is 0.481 e. The van der Waals surface area contributed by atoms with E-state index >= 15 is 0 Å². The molecule has 1 N–H and O–H groups in total. The number of carbonyl (C=O) groups excluding carboxylic acids is 1. The zero-order valence-corrected chi connectivity index (χ0v) is 10.4. The molecule has 1 aromatic rings. The first-order valence-electron chi connectivity index (χ1n) is 6.10. The van der Waals surface area contributed by atoms with Crippen LogP contribution >= 0.6 is 0 Å². The summed E-state index contributed by atoms with van der Waals surface area (Å²) in [6, 6.07) is 9.82. The fraction of sp³-hybridized carbons (Fsp3) is 0.429. The van der Waals surface area contributed by atoms with E-state index in [1.165, 1.54) is 6.92 Å². The van der Waals surface area contributed by atoms with Crippen LogP contribution in [0.4, 0.5) is 0 Å². The van der Waals surface area contributed by atoms with Crippen molar-refractivity contribution in [2.45, 2.75) is 13.3 Å². The quantitative estimate of drug-likeness (QED) is 0.878. The van der Waals surface area contributed by atoms with E-state index in [2.05, 4.69) is 0 Å². The molecular weight excluding hydrogens is 230 g/mol. The van der Waals surface area contributed by atoms with Gasteiger partial charge in [-0.2, -0.15) is 0 Å². The zero-order chi connectivity index (χ0) is 13.1. The summed E-state index contributed by atoms with van der Waals surface area (Å²) < 4.78 is 0. The Morgan fingerprint density at radius 1 is 1.28 bits per heavy atom. The summed E-state index contributed by atoms with van der Waals surface area (Å²) in [4.78, 5) is 24.2. The van der Waals surface area contributed by atoms with E-state index in [4.69, 9.17) is 0 Å². The highest BCUT2D eigenvalue weighted by Gasteiger charge is 2.38. The van der Waals surface area contributed by atoms with Crippen molar-refractivity contribution < 1.29 is 14.7 Å². The lowest BCUT2D eigenvalue weighted by Crippen LogP contribution is -2.27. The predicted octanol–water partition coefficient (Wildman–Crippen LogP) is 1.41. The average Bonchev–Trinajstić information content (AvgIpc) is 2.74. The van der Waals surface area contributed by atoms with Gasteiger partial charge in [0.2, 0.25) is 5.91 Å². The SMILES string of the molecule is CC(=O)N1C[C@@H](Cc2ccccc2)[C@H](C(=O)O)C1. The van der Waals surface area contributed by atoms with Crippen LogP contribution in [0.5, 0.6) is 0 Å². The molecule has 1 saturated heterocycles. The van der Waals surface area contributed by atoms with Gasteiger partial charge in [-0.1, -0.05) is 30.3 Å². The molecule has 0 aromatic heterocycles. The first-order valence-corrected chi connectivity index (χ1v) is 6.10. The molecule has 1 aliphatic heterocycles. The molecule has 0 radical (unpaired) electrons. The van der Waals surface area contributed by atoms with E-state index in [1.807, 2.05) is 30.3 Å². The summed E-state index contributed by atoms with van der Waals surface area (Å²) in [5, 5.41) is 9.22. The summed E-state index contributed by atoms with van der Waals surface area (Å²) in [5.41, 5.74) is 1.12. The summed E-state index contributed by atoms with van der Waals surface area (Å²) in [6.07, 6.45) is 0.710. The number of nitrogens with zero attached hydrogens (tertiary/aromatic N) is 1. The Hall–Kier alpha value is -1.84. The normalized spacial score (nSPS) is 23.1. The minimum atomic E-state index is -0.806. The molecule has 4 heteroatoms. The molecule has 0 bridgehead atoms. The highest BCUT2D eigenvalue weighted by Crippen LogP contribution is 2.27. The number of hydrogen-bond acceptors (Lipinski definition) is 2. The van der Waals surface area contributed by atoms with Crippen molar-refractivity contribution in [1.29, 1.82) is 0 Å². The lowest BCUT2D eigenvalue weighted by molar-refractivity contribution is -0.142. The molecule has 0 saturated carbocycles. The van der Waals surface area contributed by atoms with Crippen LogP contribution in [0.15, 0.2) is 30.3 Å². The second-order valence-corrected chi connectivity index (χ2v) is 4.82. The third kappa shape index (κ3) is 2.70. The number of hydrogen-bond donors (Lipinski definition) is 1. The van der Waals surface area contributed by atoms with Crippen LogP contribution in [0.2, 0.25) is 0 Å². The van der Waals surface area contributed by atoms with Gasteiger partial charge in [0, 0.05) is 20.0 Å². The van der Waals surface area contributed by atoms with Gasteiger partial charge in [-0.15, -0.1) is 0 Å². The minimum Gasteiger partial charge on any atom is -0.481 e. The highest BCUT2D eigenvalue weighted by molar-refractivity contribution is 5.77. The Bertz CT molecular complexity index is 444. The molecule has 1 amide bonds. The molecule has 1 fully saturated rings. The van der Waals surface area contributed by atoms with Crippen molar-refractivity contribution in [3.05, 3.63) is 35.9 Å². The fourth-order valence-corrected chi connectivity index (χ4v) is 2.53. The molecular formula is C14H17NO3. The Morgan fingerprint density at radius 2 is 1.94 bits per heavy atom. The van der Waals surface area contributed by atoms with E-state index < -0.39 is 11.9 Å². The number of benzene rings is 1. The van der Waals surface area contributed by atoms with Crippen molar-refractivity contribution in [2.24, 2.45) is 11.8 Å². The Morgan fingerprint density at radius 3 is 2.50 bits per heavy atom. The van der Waals surface area contributed by atoms with Gasteiger partial charge in [0.15, 0.2) is 0 Å². The standard InChI is InChI=1S/C14H17NO3/c1-10(16)15-8-12(13(9-15)14(17)18)7-11-5-3-2-4-6-11/h2-6,12-13H,7-9H2,1H3,(H,17,18)/t12-,13-/m1/s1. The topological polar surface area (TPSA) is 57.6 Å².